The zero-order valence-electron chi connectivity index (χ0n) is 11.8. The highest BCUT2D eigenvalue weighted by Gasteiger charge is 2.28. The molecular formula is C11H17N3O8S. The van der Waals surface area contributed by atoms with E-state index in [4.69, 9.17) is 10.8 Å². The zero-order chi connectivity index (χ0) is 17.8. The number of thiol groups is 1. The number of nitrogens with two attached hydrogens (primary N) is 1. The fourth-order valence-corrected chi connectivity index (χ4v) is 1.52. The van der Waals surface area contributed by atoms with E-state index in [0.29, 0.717) is 0 Å². The molecule has 0 saturated heterocycles. The van der Waals surface area contributed by atoms with Crippen molar-refractivity contribution in [2.45, 2.75) is 18.1 Å². The van der Waals surface area contributed by atoms with Gasteiger partial charge in [-0.1, -0.05) is 0 Å². The second-order valence-electron chi connectivity index (χ2n) is 4.11. The third kappa shape index (κ3) is 8.01. The highest BCUT2D eigenvalue weighted by atomic mass is 32.1. The molecule has 23 heavy (non-hydrogen) atoms. The Morgan fingerprint density at radius 1 is 1.04 bits per heavy atom. The number of hydrogen-bond donors (Lipinski definition) is 5. The Kier molecular flexibility index (Phi) is 10.1. The van der Waals surface area contributed by atoms with E-state index in [1.54, 1.807) is 0 Å². The van der Waals surface area contributed by atoms with Gasteiger partial charge in [-0.15, -0.1) is 0 Å². The van der Waals surface area contributed by atoms with Gasteiger partial charge in [0.1, 0.15) is 31.3 Å². The van der Waals surface area contributed by atoms with Crippen LogP contribution in [-0.2, 0) is 33.4 Å². The van der Waals surface area contributed by atoms with Crippen molar-refractivity contribution in [1.29, 1.82) is 0 Å². The maximum absolute atomic E-state index is 11.9. The SMILES string of the molecule is NC(COC=O)C(=O)NC(COC=O)C(=O)NC(CS)C(=O)O. The van der Waals surface area contributed by atoms with Crippen LogP contribution in [0.3, 0.4) is 0 Å². The van der Waals surface area contributed by atoms with E-state index in [2.05, 4.69) is 32.7 Å². The minimum Gasteiger partial charge on any atom is -0.480 e. The quantitative estimate of drug-likeness (QED) is 0.178. The highest BCUT2D eigenvalue weighted by molar-refractivity contribution is 7.80. The van der Waals surface area contributed by atoms with Crippen LogP contribution in [0.5, 0.6) is 0 Å². The van der Waals surface area contributed by atoms with E-state index in [-0.39, 0.29) is 18.7 Å². The predicted octanol–water partition coefficient (Wildman–Crippen LogP) is -3.36. The van der Waals surface area contributed by atoms with Crippen molar-refractivity contribution in [2.24, 2.45) is 5.73 Å². The van der Waals surface area contributed by atoms with Gasteiger partial charge in [-0.25, -0.2) is 4.79 Å². The highest BCUT2D eigenvalue weighted by Crippen LogP contribution is 1.94. The summed E-state index contributed by atoms with van der Waals surface area (Å²) < 4.78 is 8.71. The Bertz CT molecular complexity index is 447. The smallest absolute Gasteiger partial charge is 0.327 e. The summed E-state index contributed by atoms with van der Waals surface area (Å²) in [6.07, 6.45) is 0. The van der Waals surface area contributed by atoms with Crippen LogP contribution in [-0.4, -0.2) is 72.9 Å². The van der Waals surface area contributed by atoms with E-state index in [1.165, 1.54) is 0 Å². The number of nitrogens with one attached hydrogen (secondary N) is 2. The first kappa shape index (κ1) is 20.7. The van der Waals surface area contributed by atoms with Gasteiger partial charge >= 0.3 is 5.97 Å². The molecule has 0 heterocycles. The Morgan fingerprint density at radius 2 is 1.57 bits per heavy atom. The van der Waals surface area contributed by atoms with Crippen molar-refractivity contribution in [3.05, 3.63) is 0 Å². The summed E-state index contributed by atoms with van der Waals surface area (Å²) in [5.74, 6) is -3.29. The Labute approximate surface area is 136 Å². The molecule has 0 aromatic rings. The number of aliphatic carboxylic acids is 1. The normalized spacial score (nSPS) is 13.8. The fraction of sp³-hybridized carbons (Fsp3) is 0.545. The molecule has 0 rings (SSSR count). The number of hydrogen-bond acceptors (Lipinski definition) is 9. The van der Waals surface area contributed by atoms with Crippen LogP contribution in [0.25, 0.3) is 0 Å². The number of carbonyl (C=O) groups excluding carboxylic acids is 4. The van der Waals surface area contributed by atoms with Crippen LogP contribution < -0.4 is 16.4 Å². The topological polar surface area (TPSA) is 174 Å². The molecule has 0 aliphatic rings. The van der Waals surface area contributed by atoms with Crippen LogP contribution in [0.15, 0.2) is 0 Å². The monoisotopic (exact) mass is 351 g/mol. The van der Waals surface area contributed by atoms with Gasteiger partial charge in [0.15, 0.2) is 0 Å². The van der Waals surface area contributed by atoms with E-state index in [1.807, 2.05) is 0 Å². The van der Waals surface area contributed by atoms with E-state index < -0.39 is 49.1 Å². The molecular weight excluding hydrogens is 334 g/mol. The van der Waals surface area contributed by atoms with Gasteiger partial charge in [0.25, 0.3) is 12.9 Å². The molecule has 12 heteroatoms. The van der Waals surface area contributed by atoms with Gasteiger partial charge in [0.05, 0.1) is 0 Å². The van der Waals surface area contributed by atoms with Gasteiger partial charge in [-0.3, -0.25) is 19.2 Å². The van der Waals surface area contributed by atoms with Crippen molar-refractivity contribution < 1.29 is 38.6 Å². The lowest BCUT2D eigenvalue weighted by Gasteiger charge is -2.21. The first-order chi connectivity index (χ1) is 10.9. The summed E-state index contributed by atoms with van der Waals surface area (Å²) in [5, 5.41) is 13.1. The van der Waals surface area contributed by atoms with Gasteiger partial charge in [0.2, 0.25) is 11.8 Å². The largest absolute Gasteiger partial charge is 0.480 e. The zero-order valence-corrected chi connectivity index (χ0v) is 12.7. The van der Waals surface area contributed by atoms with Gasteiger partial charge in [0, 0.05) is 5.75 Å². The fourth-order valence-electron chi connectivity index (χ4n) is 1.27. The maximum atomic E-state index is 11.9. The average Bonchev–Trinajstić information content (AvgIpc) is 2.53. The molecule has 2 amide bonds. The standard InChI is InChI=1S/C11H17N3O8S/c12-6(1-21-4-15)9(17)13-7(2-22-5-16)10(18)14-8(3-23)11(19)20/h4-8,23H,1-3,12H2,(H,13,17)(H,14,18)(H,19,20). The Balaban J connectivity index is 4.81. The van der Waals surface area contributed by atoms with Crippen molar-refractivity contribution in [3.63, 3.8) is 0 Å². The summed E-state index contributed by atoms with van der Waals surface area (Å²) in [4.78, 5) is 54.8. The summed E-state index contributed by atoms with van der Waals surface area (Å²) >= 11 is 3.77. The molecule has 3 atom stereocenters. The van der Waals surface area contributed by atoms with Crippen LogP contribution in [0, 0.1) is 0 Å². The third-order valence-corrected chi connectivity index (χ3v) is 2.81. The minimum absolute atomic E-state index is 0.0507. The third-order valence-electron chi connectivity index (χ3n) is 2.44. The molecule has 0 radical (unpaired) electrons. The first-order valence-electron chi connectivity index (χ1n) is 6.17. The molecule has 0 spiro atoms. The molecule has 3 unspecified atom stereocenters. The number of carbonyl (C=O) groups is 5. The second kappa shape index (κ2) is 11.3. The molecule has 0 aromatic carbocycles. The molecule has 0 aliphatic carbocycles. The van der Waals surface area contributed by atoms with E-state index >= 15 is 0 Å². The molecule has 5 N–H and O–H groups in total. The predicted molar refractivity (Wildman–Crippen MR) is 77.4 cm³/mol. The first-order valence-corrected chi connectivity index (χ1v) is 6.81. The van der Waals surface area contributed by atoms with Crippen LogP contribution in [0.1, 0.15) is 0 Å². The number of amides is 2. The summed E-state index contributed by atoms with van der Waals surface area (Å²) in [5.41, 5.74) is 5.41. The van der Waals surface area contributed by atoms with Crippen molar-refractivity contribution >= 4 is 43.4 Å². The van der Waals surface area contributed by atoms with Crippen molar-refractivity contribution in [3.8, 4) is 0 Å². The van der Waals surface area contributed by atoms with Crippen LogP contribution >= 0.6 is 12.6 Å². The van der Waals surface area contributed by atoms with Gasteiger partial charge in [-0.2, -0.15) is 12.6 Å². The second-order valence-corrected chi connectivity index (χ2v) is 4.47. The molecule has 0 aliphatic heterocycles. The van der Waals surface area contributed by atoms with E-state index in [9.17, 15) is 24.0 Å². The lowest BCUT2D eigenvalue weighted by molar-refractivity contribution is -0.143. The molecule has 0 bridgehead atoms. The maximum Gasteiger partial charge on any atom is 0.327 e. The minimum atomic E-state index is -1.38. The molecule has 11 nitrogen and oxygen atoms in total. The van der Waals surface area contributed by atoms with Crippen molar-refractivity contribution in [1.82, 2.24) is 10.6 Å². The van der Waals surface area contributed by atoms with Crippen molar-refractivity contribution in [2.75, 3.05) is 19.0 Å². The van der Waals surface area contributed by atoms with Crippen LogP contribution in [0.2, 0.25) is 0 Å². The summed E-state index contributed by atoms with van der Waals surface area (Å²) in [7, 11) is 0. The Morgan fingerprint density at radius 3 is 2.04 bits per heavy atom. The van der Waals surface area contributed by atoms with Gasteiger partial charge in [-0.05, 0) is 0 Å². The summed E-state index contributed by atoms with van der Waals surface area (Å²) in [6.45, 7) is -0.819. The lowest BCUT2D eigenvalue weighted by atomic mass is 10.2. The molecule has 0 fully saturated rings. The lowest BCUT2D eigenvalue weighted by Crippen LogP contribution is -2.57. The summed E-state index contributed by atoms with van der Waals surface area (Å²) in [6, 6.07) is -3.93. The number of carboxylic acid groups (broad SMARTS) is 1. The molecule has 0 saturated carbocycles. The average molecular weight is 351 g/mol. The molecule has 0 aromatic heterocycles. The number of ether oxygens (including phenoxy) is 2. The Hall–Kier alpha value is -2.34. The van der Waals surface area contributed by atoms with E-state index in [0.717, 1.165) is 0 Å². The molecule has 130 valence electrons. The van der Waals surface area contributed by atoms with Crippen LogP contribution in [0.4, 0.5) is 0 Å². The van der Waals surface area contributed by atoms with Gasteiger partial charge < -0.3 is 30.9 Å². The number of rotatable bonds is 12. The number of carboxylic acids is 1.